The van der Waals surface area contributed by atoms with Crippen LogP contribution in [0.4, 0.5) is 11.8 Å². The van der Waals surface area contributed by atoms with Crippen LogP contribution in [0.3, 0.4) is 0 Å². The van der Waals surface area contributed by atoms with Crippen LogP contribution >= 0.6 is 0 Å². The molecule has 2 aliphatic rings. The van der Waals surface area contributed by atoms with Gasteiger partial charge in [-0.25, -0.2) is 15.0 Å². The maximum Gasteiger partial charge on any atom is 0.225 e. The molecule has 27 heavy (non-hydrogen) atoms. The van der Waals surface area contributed by atoms with Crippen LogP contribution in [0, 0.1) is 0 Å². The lowest BCUT2D eigenvalue weighted by Gasteiger charge is -2.33. The summed E-state index contributed by atoms with van der Waals surface area (Å²) in [5.41, 5.74) is 2.31. The van der Waals surface area contributed by atoms with Gasteiger partial charge >= 0.3 is 0 Å². The number of hydrogen-bond acceptors (Lipinski definition) is 7. The van der Waals surface area contributed by atoms with Gasteiger partial charge in [0.25, 0.3) is 0 Å². The fourth-order valence-corrected chi connectivity index (χ4v) is 3.61. The van der Waals surface area contributed by atoms with Crippen molar-refractivity contribution in [3.05, 3.63) is 41.9 Å². The number of rotatable bonds is 6. The topological polar surface area (TPSA) is 60.4 Å². The Morgan fingerprint density at radius 1 is 0.778 bits per heavy atom. The summed E-state index contributed by atoms with van der Waals surface area (Å²) in [4.78, 5) is 20.6. The predicted molar refractivity (Wildman–Crippen MR) is 108 cm³/mol. The minimum Gasteiger partial charge on any atom is -0.354 e. The van der Waals surface area contributed by atoms with Gasteiger partial charge in [-0.15, -0.1) is 0 Å². The Morgan fingerprint density at radius 3 is 2.11 bits per heavy atom. The van der Waals surface area contributed by atoms with E-state index in [0.29, 0.717) is 0 Å². The quantitative estimate of drug-likeness (QED) is 0.830. The summed E-state index contributed by atoms with van der Waals surface area (Å²) in [5.74, 6) is 1.94. The Labute approximate surface area is 161 Å². The van der Waals surface area contributed by atoms with Gasteiger partial charge in [0, 0.05) is 76.5 Å². The molecule has 0 amide bonds. The fraction of sp³-hybridized carbons (Fsp3) is 0.550. The fourth-order valence-electron chi connectivity index (χ4n) is 3.61. The van der Waals surface area contributed by atoms with Gasteiger partial charge in [0.1, 0.15) is 5.82 Å². The normalized spacial score (nSPS) is 18.3. The number of anilines is 2. The Morgan fingerprint density at radius 2 is 1.44 bits per heavy atom. The molecular formula is C20H29N7. The molecule has 7 nitrogen and oxygen atoms in total. The van der Waals surface area contributed by atoms with Crippen LogP contribution in [-0.2, 0) is 13.1 Å². The van der Waals surface area contributed by atoms with Crippen molar-refractivity contribution in [2.24, 2.45) is 0 Å². The van der Waals surface area contributed by atoms with Gasteiger partial charge in [-0.05, 0) is 31.5 Å². The molecule has 7 heteroatoms. The molecule has 0 spiro atoms. The summed E-state index contributed by atoms with van der Waals surface area (Å²) in [7, 11) is 2.17. The number of likely N-dealkylation sites (N-methyl/N-ethyl adjacent to an activating group) is 1. The van der Waals surface area contributed by atoms with Gasteiger partial charge in [-0.3, -0.25) is 0 Å². The molecule has 2 fully saturated rings. The second-order valence-corrected chi connectivity index (χ2v) is 7.50. The average Bonchev–Trinajstić information content (AvgIpc) is 3.25. The second kappa shape index (κ2) is 8.63. The van der Waals surface area contributed by atoms with Crippen molar-refractivity contribution in [1.29, 1.82) is 0 Å². The summed E-state index contributed by atoms with van der Waals surface area (Å²) in [6.45, 7) is 8.02. The highest BCUT2D eigenvalue weighted by atomic mass is 15.3. The van der Waals surface area contributed by atoms with Crippen LogP contribution < -0.4 is 15.1 Å². The molecule has 0 aliphatic carbocycles. The van der Waals surface area contributed by atoms with Gasteiger partial charge < -0.3 is 20.0 Å². The second-order valence-electron chi connectivity index (χ2n) is 7.50. The third-order valence-electron chi connectivity index (χ3n) is 5.38. The molecule has 2 aromatic heterocycles. The van der Waals surface area contributed by atoms with E-state index in [9.17, 15) is 0 Å². The zero-order chi connectivity index (χ0) is 18.5. The largest absolute Gasteiger partial charge is 0.354 e. The molecule has 4 rings (SSSR count). The SMILES string of the molecule is CN1CCN(c2ccc(CNCc3cnc(N4CCCC4)nc3)cn2)CC1. The minimum atomic E-state index is 0.764. The first-order valence-corrected chi connectivity index (χ1v) is 9.93. The van der Waals surface area contributed by atoms with E-state index in [2.05, 4.69) is 54.1 Å². The van der Waals surface area contributed by atoms with E-state index in [-0.39, 0.29) is 0 Å². The Hall–Kier alpha value is -2.25. The van der Waals surface area contributed by atoms with Crippen LogP contribution in [0.1, 0.15) is 24.0 Å². The molecule has 0 atom stereocenters. The maximum atomic E-state index is 4.65. The number of hydrogen-bond donors (Lipinski definition) is 1. The molecule has 0 aromatic carbocycles. The van der Waals surface area contributed by atoms with E-state index in [1.165, 1.54) is 18.4 Å². The Bertz CT molecular complexity index is 702. The van der Waals surface area contributed by atoms with Crippen LogP contribution in [0.5, 0.6) is 0 Å². The van der Waals surface area contributed by atoms with Crippen LogP contribution in [0.25, 0.3) is 0 Å². The highest BCUT2D eigenvalue weighted by Gasteiger charge is 2.15. The number of aromatic nitrogens is 3. The predicted octanol–water partition coefficient (Wildman–Crippen LogP) is 1.51. The minimum absolute atomic E-state index is 0.764. The Balaban J connectivity index is 1.24. The summed E-state index contributed by atoms with van der Waals surface area (Å²) in [5, 5.41) is 3.46. The maximum absolute atomic E-state index is 4.65. The highest BCUT2D eigenvalue weighted by molar-refractivity contribution is 5.40. The van der Waals surface area contributed by atoms with E-state index >= 15 is 0 Å². The van der Waals surface area contributed by atoms with Crippen molar-refractivity contribution in [3.8, 4) is 0 Å². The monoisotopic (exact) mass is 367 g/mol. The number of nitrogens with zero attached hydrogens (tertiary/aromatic N) is 6. The van der Waals surface area contributed by atoms with E-state index in [4.69, 9.17) is 0 Å². The van der Waals surface area contributed by atoms with Gasteiger partial charge in [-0.2, -0.15) is 0 Å². The molecule has 1 N–H and O–H groups in total. The van der Waals surface area contributed by atoms with Crippen molar-refractivity contribution in [3.63, 3.8) is 0 Å². The first-order chi connectivity index (χ1) is 13.3. The zero-order valence-corrected chi connectivity index (χ0v) is 16.1. The first kappa shape index (κ1) is 18.1. The summed E-state index contributed by atoms with van der Waals surface area (Å²) in [6.07, 6.45) is 8.33. The molecule has 2 aromatic rings. The third-order valence-corrected chi connectivity index (χ3v) is 5.38. The van der Waals surface area contributed by atoms with Gasteiger partial charge in [0.2, 0.25) is 5.95 Å². The average molecular weight is 368 g/mol. The van der Waals surface area contributed by atoms with Crippen molar-refractivity contribution < 1.29 is 0 Å². The zero-order valence-electron chi connectivity index (χ0n) is 16.1. The number of nitrogens with one attached hydrogen (secondary N) is 1. The highest BCUT2D eigenvalue weighted by Crippen LogP contribution is 2.15. The smallest absolute Gasteiger partial charge is 0.225 e. The molecule has 2 aliphatic heterocycles. The lowest BCUT2D eigenvalue weighted by Crippen LogP contribution is -2.44. The van der Waals surface area contributed by atoms with Crippen molar-refractivity contribution in [2.45, 2.75) is 25.9 Å². The molecule has 0 radical (unpaired) electrons. The molecule has 4 heterocycles. The summed E-state index contributed by atoms with van der Waals surface area (Å²) < 4.78 is 0. The molecule has 0 saturated carbocycles. The number of pyridine rings is 1. The van der Waals surface area contributed by atoms with E-state index in [1.54, 1.807) is 0 Å². The van der Waals surface area contributed by atoms with E-state index in [1.807, 2.05) is 18.6 Å². The van der Waals surface area contributed by atoms with Gasteiger partial charge in [-0.1, -0.05) is 6.07 Å². The summed E-state index contributed by atoms with van der Waals surface area (Å²) in [6, 6.07) is 4.30. The van der Waals surface area contributed by atoms with Gasteiger partial charge in [0.05, 0.1) is 0 Å². The molecule has 0 bridgehead atoms. The summed E-state index contributed by atoms with van der Waals surface area (Å²) >= 11 is 0. The molecule has 0 unspecified atom stereocenters. The van der Waals surface area contributed by atoms with Crippen LogP contribution in [-0.4, -0.2) is 66.2 Å². The van der Waals surface area contributed by atoms with Crippen LogP contribution in [0.2, 0.25) is 0 Å². The van der Waals surface area contributed by atoms with Gasteiger partial charge in [0.15, 0.2) is 0 Å². The third kappa shape index (κ3) is 4.73. The lowest BCUT2D eigenvalue weighted by atomic mass is 10.2. The van der Waals surface area contributed by atoms with Crippen LogP contribution in [0.15, 0.2) is 30.7 Å². The Kier molecular flexibility index (Phi) is 5.79. The molecule has 144 valence electrons. The van der Waals surface area contributed by atoms with E-state index < -0.39 is 0 Å². The van der Waals surface area contributed by atoms with E-state index in [0.717, 1.165) is 69.7 Å². The molecule has 2 saturated heterocycles. The number of piperazine rings is 1. The van der Waals surface area contributed by atoms with Crippen molar-refractivity contribution >= 4 is 11.8 Å². The standard InChI is InChI=1S/C20H29N7/c1-25-8-10-26(11-9-25)19-5-4-17(14-22-19)12-21-13-18-15-23-20(24-16-18)27-6-2-3-7-27/h4-5,14-16,21H,2-3,6-13H2,1H3. The van der Waals surface area contributed by atoms with Crippen molar-refractivity contribution in [2.75, 3.05) is 56.1 Å². The molecular weight excluding hydrogens is 338 g/mol. The van der Waals surface area contributed by atoms with Crippen molar-refractivity contribution in [1.82, 2.24) is 25.2 Å². The first-order valence-electron chi connectivity index (χ1n) is 9.93. The lowest BCUT2D eigenvalue weighted by molar-refractivity contribution is 0.312.